The fourth-order valence-electron chi connectivity index (χ4n) is 5.60. The Kier molecular flexibility index (Phi) is 3.81. The number of nitrogens with zero attached hydrogens (tertiary/aromatic N) is 5. The van der Waals surface area contributed by atoms with Gasteiger partial charge in [0.2, 0.25) is 0 Å². The van der Waals surface area contributed by atoms with E-state index in [-0.39, 0.29) is 11.3 Å². The summed E-state index contributed by atoms with van der Waals surface area (Å²) in [6.07, 6.45) is 11.8. The molecule has 0 unspecified atom stereocenters. The Morgan fingerprint density at radius 1 is 1.00 bits per heavy atom. The molecule has 0 amide bonds. The van der Waals surface area contributed by atoms with E-state index < -0.39 is 0 Å². The summed E-state index contributed by atoms with van der Waals surface area (Å²) >= 11 is 0. The molecule has 0 saturated heterocycles. The van der Waals surface area contributed by atoms with Crippen LogP contribution in [0.4, 0.5) is 0 Å². The highest BCUT2D eigenvalue weighted by atomic mass is 16.5. The molecule has 3 heterocycles. The van der Waals surface area contributed by atoms with Crippen molar-refractivity contribution in [2.75, 3.05) is 0 Å². The summed E-state index contributed by atoms with van der Waals surface area (Å²) in [6, 6.07) is 10.8. The van der Waals surface area contributed by atoms with Gasteiger partial charge < -0.3 is 4.52 Å². The SMILES string of the molecule is C[C@@H]1c2oncc2C[C@]2(c3ccccc3)c3nc(-c4cncnc4)ncc3CC[C@@H]12. The lowest BCUT2D eigenvalue weighted by molar-refractivity contribution is 0.189. The number of benzene rings is 1. The van der Waals surface area contributed by atoms with Gasteiger partial charge in [-0.15, -0.1) is 0 Å². The number of hydrogen-bond acceptors (Lipinski definition) is 6. The molecule has 6 nitrogen and oxygen atoms in total. The molecule has 3 atom stereocenters. The minimum atomic E-state index is -0.236. The third-order valence-electron chi connectivity index (χ3n) is 6.91. The molecule has 30 heavy (non-hydrogen) atoms. The molecular weight excluding hydrogens is 374 g/mol. The topological polar surface area (TPSA) is 77.6 Å². The van der Waals surface area contributed by atoms with Gasteiger partial charge in [0.25, 0.3) is 0 Å². The zero-order chi connectivity index (χ0) is 20.1. The van der Waals surface area contributed by atoms with Crippen LogP contribution < -0.4 is 0 Å². The van der Waals surface area contributed by atoms with Crippen molar-refractivity contribution in [3.8, 4) is 11.4 Å². The average Bonchev–Trinajstić information content (AvgIpc) is 3.28. The van der Waals surface area contributed by atoms with E-state index in [2.05, 4.69) is 57.4 Å². The van der Waals surface area contributed by atoms with Crippen molar-refractivity contribution in [2.24, 2.45) is 5.92 Å². The van der Waals surface area contributed by atoms with Gasteiger partial charge in [0.15, 0.2) is 5.82 Å². The second-order valence-electron chi connectivity index (χ2n) is 8.36. The van der Waals surface area contributed by atoms with Crippen LogP contribution in [-0.2, 0) is 18.3 Å². The van der Waals surface area contributed by atoms with Crippen LogP contribution in [0.25, 0.3) is 11.4 Å². The Morgan fingerprint density at radius 2 is 1.83 bits per heavy atom. The molecule has 0 aliphatic heterocycles. The molecule has 0 N–H and O–H groups in total. The minimum absolute atomic E-state index is 0.236. The average molecular weight is 395 g/mol. The maximum absolute atomic E-state index is 5.68. The number of aryl methyl sites for hydroxylation is 1. The minimum Gasteiger partial charge on any atom is -0.361 e. The van der Waals surface area contributed by atoms with Gasteiger partial charge in [-0.25, -0.2) is 19.9 Å². The predicted octanol–water partition coefficient (Wildman–Crippen LogP) is 4.13. The van der Waals surface area contributed by atoms with Crippen molar-refractivity contribution in [1.29, 1.82) is 0 Å². The molecule has 0 radical (unpaired) electrons. The third kappa shape index (κ3) is 2.39. The second-order valence-corrected chi connectivity index (χ2v) is 8.36. The standard InChI is InChI=1S/C24H21N5O/c1-15-20-8-7-16-12-27-23(18-10-25-14-26-11-18)29-22(16)24(20,19-5-3-2-4-6-19)9-17-13-28-30-21(15)17/h2-6,10-15,20H,7-9H2,1H3/t15-,20-,24+/m0/s1. The lowest BCUT2D eigenvalue weighted by Crippen LogP contribution is -2.48. The maximum atomic E-state index is 5.68. The molecule has 6 heteroatoms. The van der Waals surface area contributed by atoms with E-state index in [1.165, 1.54) is 23.0 Å². The molecule has 2 aliphatic carbocycles. The van der Waals surface area contributed by atoms with Gasteiger partial charge in [-0.05, 0) is 36.3 Å². The van der Waals surface area contributed by atoms with Gasteiger partial charge in [0.05, 0.1) is 17.5 Å². The second kappa shape index (κ2) is 6.55. The molecule has 2 aliphatic rings. The first kappa shape index (κ1) is 17.4. The lowest BCUT2D eigenvalue weighted by atomic mass is 9.53. The van der Waals surface area contributed by atoms with Crippen LogP contribution in [-0.4, -0.2) is 25.1 Å². The summed E-state index contributed by atoms with van der Waals surface area (Å²) < 4.78 is 5.68. The van der Waals surface area contributed by atoms with Gasteiger partial charge in [0, 0.05) is 35.5 Å². The van der Waals surface area contributed by atoms with E-state index >= 15 is 0 Å². The quantitative estimate of drug-likeness (QED) is 0.508. The Labute approximate surface area is 174 Å². The summed E-state index contributed by atoms with van der Waals surface area (Å²) in [6.45, 7) is 2.27. The van der Waals surface area contributed by atoms with Crippen molar-refractivity contribution >= 4 is 0 Å². The molecule has 1 aromatic carbocycles. The van der Waals surface area contributed by atoms with Crippen LogP contribution >= 0.6 is 0 Å². The third-order valence-corrected chi connectivity index (χ3v) is 6.91. The number of rotatable bonds is 2. The molecule has 0 bridgehead atoms. The van der Waals surface area contributed by atoms with Gasteiger partial charge in [-0.2, -0.15) is 0 Å². The highest BCUT2D eigenvalue weighted by Gasteiger charge is 2.53. The summed E-state index contributed by atoms with van der Waals surface area (Å²) in [5.74, 6) is 2.35. The van der Waals surface area contributed by atoms with E-state index in [1.807, 2.05) is 12.4 Å². The zero-order valence-electron chi connectivity index (χ0n) is 16.7. The molecule has 148 valence electrons. The molecule has 0 spiro atoms. The molecular formula is C24H21N5O. The van der Waals surface area contributed by atoms with Crippen molar-refractivity contribution < 1.29 is 4.52 Å². The molecule has 3 aromatic heterocycles. The van der Waals surface area contributed by atoms with Crippen LogP contribution in [0.15, 0.2) is 66.0 Å². The predicted molar refractivity (Wildman–Crippen MR) is 111 cm³/mol. The van der Waals surface area contributed by atoms with Crippen LogP contribution in [0.2, 0.25) is 0 Å². The highest BCUT2D eigenvalue weighted by Crippen LogP contribution is 2.56. The van der Waals surface area contributed by atoms with E-state index in [0.29, 0.717) is 11.7 Å². The normalized spacial score (nSPS) is 24.6. The Hall–Kier alpha value is -3.41. The highest BCUT2D eigenvalue weighted by molar-refractivity contribution is 5.55. The Morgan fingerprint density at radius 3 is 2.67 bits per heavy atom. The van der Waals surface area contributed by atoms with E-state index in [0.717, 1.165) is 36.3 Å². The number of fused-ring (bicyclic) bond motifs is 4. The smallest absolute Gasteiger partial charge is 0.162 e. The summed E-state index contributed by atoms with van der Waals surface area (Å²) in [5, 5.41) is 4.13. The van der Waals surface area contributed by atoms with Gasteiger partial charge >= 0.3 is 0 Å². The van der Waals surface area contributed by atoms with Gasteiger partial charge in [-0.1, -0.05) is 42.4 Å². The monoisotopic (exact) mass is 395 g/mol. The van der Waals surface area contributed by atoms with Crippen molar-refractivity contribution in [1.82, 2.24) is 25.1 Å². The van der Waals surface area contributed by atoms with Crippen molar-refractivity contribution in [3.63, 3.8) is 0 Å². The fraction of sp³-hybridized carbons (Fsp3) is 0.292. The Bertz CT molecular complexity index is 1210. The first-order valence-electron chi connectivity index (χ1n) is 10.4. The van der Waals surface area contributed by atoms with Crippen molar-refractivity contribution in [2.45, 2.75) is 37.5 Å². The summed E-state index contributed by atoms with van der Waals surface area (Å²) in [5.41, 5.74) is 5.42. The molecule has 6 rings (SSSR count). The lowest BCUT2D eigenvalue weighted by Gasteiger charge is -2.49. The summed E-state index contributed by atoms with van der Waals surface area (Å²) in [4.78, 5) is 18.1. The molecule has 0 saturated carbocycles. The number of hydrogen-bond donors (Lipinski definition) is 0. The first-order valence-corrected chi connectivity index (χ1v) is 10.4. The van der Waals surface area contributed by atoms with Crippen LogP contribution in [0.1, 0.15) is 47.4 Å². The van der Waals surface area contributed by atoms with E-state index in [9.17, 15) is 0 Å². The van der Waals surface area contributed by atoms with Crippen LogP contribution in [0, 0.1) is 5.92 Å². The first-order chi connectivity index (χ1) is 14.8. The summed E-state index contributed by atoms with van der Waals surface area (Å²) in [7, 11) is 0. The van der Waals surface area contributed by atoms with Gasteiger partial charge in [0.1, 0.15) is 12.1 Å². The molecule has 0 fully saturated rings. The van der Waals surface area contributed by atoms with Gasteiger partial charge in [-0.3, -0.25) is 0 Å². The number of aromatic nitrogens is 5. The van der Waals surface area contributed by atoms with E-state index in [1.54, 1.807) is 12.4 Å². The van der Waals surface area contributed by atoms with Crippen LogP contribution in [0.3, 0.4) is 0 Å². The largest absolute Gasteiger partial charge is 0.361 e. The fourth-order valence-corrected chi connectivity index (χ4v) is 5.60. The zero-order valence-corrected chi connectivity index (χ0v) is 16.7. The van der Waals surface area contributed by atoms with Crippen molar-refractivity contribution in [3.05, 3.63) is 89.6 Å². The maximum Gasteiger partial charge on any atom is 0.162 e. The van der Waals surface area contributed by atoms with Crippen LogP contribution in [0.5, 0.6) is 0 Å². The van der Waals surface area contributed by atoms with E-state index in [4.69, 9.17) is 9.51 Å². The molecule has 4 aromatic rings. The Balaban J connectivity index is 1.63.